The molecular weight excluding hydrogens is 204 g/mol. The first kappa shape index (κ1) is 13.3. The lowest BCUT2D eigenvalue weighted by atomic mass is 9.98. The van der Waals surface area contributed by atoms with Crippen LogP contribution in [0, 0.1) is 0 Å². The molecule has 0 saturated carbocycles. The fourth-order valence-corrected chi connectivity index (χ4v) is 1.62. The molecular formula is C17H20. The molecule has 0 aromatic carbocycles. The predicted octanol–water partition coefficient (Wildman–Crippen LogP) is 5.04. The molecule has 2 aliphatic carbocycles. The second-order valence-electron chi connectivity index (χ2n) is 3.74. The maximum atomic E-state index is 3.27. The predicted molar refractivity (Wildman–Crippen MR) is 75.8 cm³/mol. The Morgan fingerprint density at radius 1 is 0.882 bits per heavy atom. The Balaban J connectivity index is 0.000000686. The molecule has 88 valence electrons. The molecule has 2 rings (SSSR count). The molecule has 0 aliphatic heterocycles. The lowest BCUT2D eigenvalue weighted by Gasteiger charge is -2.06. The first-order valence-electron chi connectivity index (χ1n) is 6.26. The van der Waals surface area contributed by atoms with Gasteiger partial charge in [-0.3, -0.25) is 0 Å². The van der Waals surface area contributed by atoms with Crippen molar-refractivity contribution in [3.63, 3.8) is 0 Å². The highest BCUT2D eigenvalue weighted by atomic mass is 14.1. The van der Waals surface area contributed by atoms with Gasteiger partial charge in [0.05, 0.1) is 0 Å². The SMILES string of the molecule is CC.CC1=C=C/C2=C(\C=C=C1)C/C=C\C=C/C2. The fourth-order valence-electron chi connectivity index (χ4n) is 1.62. The van der Waals surface area contributed by atoms with Crippen molar-refractivity contribution in [3.8, 4) is 0 Å². The zero-order chi connectivity index (χ0) is 12.5. The Bertz CT molecular complexity index is 466. The molecule has 0 unspecified atom stereocenters. The van der Waals surface area contributed by atoms with Crippen LogP contribution in [0.3, 0.4) is 0 Å². The molecule has 0 heterocycles. The van der Waals surface area contributed by atoms with E-state index >= 15 is 0 Å². The van der Waals surface area contributed by atoms with Gasteiger partial charge >= 0.3 is 0 Å². The molecule has 0 amide bonds. The molecule has 0 N–H and O–H groups in total. The van der Waals surface area contributed by atoms with Crippen molar-refractivity contribution in [3.05, 3.63) is 70.7 Å². The lowest BCUT2D eigenvalue weighted by Crippen LogP contribution is -1.88. The summed E-state index contributed by atoms with van der Waals surface area (Å²) in [5, 5.41) is 0. The van der Waals surface area contributed by atoms with Gasteiger partial charge in [-0.2, -0.15) is 0 Å². The van der Waals surface area contributed by atoms with Gasteiger partial charge in [0.1, 0.15) is 0 Å². The summed E-state index contributed by atoms with van der Waals surface area (Å²) in [6.45, 7) is 6.04. The second-order valence-corrected chi connectivity index (χ2v) is 3.74. The molecule has 0 radical (unpaired) electrons. The van der Waals surface area contributed by atoms with Crippen LogP contribution in [-0.4, -0.2) is 0 Å². The summed E-state index contributed by atoms with van der Waals surface area (Å²) >= 11 is 0. The van der Waals surface area contributed by atoms with Gasteiger partial charge in [0.15, 0.2) is 0 Å². The van der Waals surface area contributed by atoms with Crippen molar-refractivity contribution in [1.29, 1.82) is 0 Å². The van der Waals surface area contributed by atoms with E-state index in [0.717, 1.165) is 18.4 Å². The maximum absolute atomic E-state index is 3.27. The number of hydrogen-bond acceptors (Lipinski definition) is 0. The Morgan fingerprint density at radius 3 is 2.12 bits per heavy atom. The third-order valence-corrected chi connectivity index (χ3v) is 2.50. The van der Waals surface area contributed by atoms with Gasteiger partial charge in [-0.25, -0.2) is 0 Å². The minimum absolute atomic E-state index is 0.984. The van der Waals surface area contributed by atoms with Gasteiger partial charge in [0, 0.05) is 0 Å². The summed E-state index contributed by atoms with van der Waals surface area (Å²) in [7, 11) is 0. The second kappa shape index (κ2) is 7.52. The van der Waals surface area contributed by atoms with Crippen LogP contribution < -0.4 is 0 Å². The van der Waals surface area contributed by atoms with Gasteiger partial charge < -0.3 is 0 Å². The Hall–Kier alpha value is -1.74. The minimum Gasteiger partial charge on any atom is -0.120 e. The molecule has 17 heavy (non-hydrogen) atoms. The van der Waals surface area contributed by atoms with E-state index in [9.17, 15) is 0 Å². The van der Waals surface area contributed by atoms with Crippen LogP contribution >= 0.6 is 0 Å². The summed E-state index contributed by atoms with van der Waals surface area (Å²) in [5.74, 6) is 0. The molecule has 0 saturated heterocycles. The van der Waals surface area contributed by atoms with E-state index in [1.807, 2.05) is 26.8 Å². The number of rotatable bonds is 0. The quantitative estimate of drug-likeness (QED) is 0.505. The van der Waals surface area contributed by atoms with Crippen LogP contribution in [0.25, 0.3) is 0 Å². The van der Waals surface area contributed by atoms with Crippen molar-refractivity contribution in [2.45, 2.75) is 33.6 Å². The van der Waals surface area contributed by atoms with Crippen LogP contribution in [0.1, 0.15) is 33.6 Å². The maximum Gasteiger partial charge on any atom is -0.00143 e. The summed E-state index contributed by atoms with van der Waals surface area (Å²) < 4.78 is 0. The van der Waals surface area contributed by atoms with Crippen LogP contribution in [0.15, 0.2) is 70.7 Å². The molecule has 0 fully saturated rings. The van der Waals surface area contributed by atoms with E-state index < -0.39 is 0 Å². The van der Waals surface area contributed by atoms with E-state index in [0.29, 0.717) is 0 Å². The van der Waals surface area contributed by atoms with Crippen molar-refractivity contribution >= 4 is 0 Å². The summed E-state index contributed by atoms with van der Waals surface area (Å²) in [6.07, 6.45) is 16.7. The van der Waals surface area contributed by atoms with Crippen molar-refractivity contribution in [2.75, 3.05) is 0 Å². The Labute approximate surface area is 105 Å². The van der Waals surface area contributed by atoms with Crippen LogP contribution in [0.2, 0.25) is 0 Å². The minimum atomic E-state index is 0.984. The van der Waals surface area contributed by atoms with Crippen LogP contribution in [0.4, 0.5) is 0 Å². The third-order valence-electron chi connectivity index (χ3n) is 2.50. The summed E-state index contributed by atoms with van der Waals surface area (Å²) in [5.41, 5.74) is 10.3. The lowest BCUT2D eigenvalue weighted by molar-refractivity contribution is 1.15. The van der Waals surface area contributed by atoms with Gasteiger partial charge in [0.25, 0.3) is 0 Å². The zero-order valence-corrected chi connectivity index (χ0v) is 11.0. The van der Waals surface area contributed by atoms with Gasteiger partial charge in [0.2, 0.25) is 0 Å². The average molecular weight is 224 g/mol. The van der Waals surface area contributed by atoms with E-state index in [2.05, 4.69) is 47.9 Å². The van der Waals surface area contributed by atoms with Crippen molar-refractivity contribution < 1.29 is 0 Å². The molecule has 0 heteroatoms. The average Bonchev–Trinajstić information content (AvgIpc) is 2.32. The third kappa shape index (κ3) is 4.33. The number of allylic oxidation sites excluding steroid dienone is 8. The smallest absolute Gasteiger partial charge is 0.00143 e. The first-order chi connectivity index (χ1) is 8.36. The standard InChI is InChI=1S/C15H14.C2H6/c1-13-7-6-10-14-8-4-2-3-5-9-15(14)12-11-13;1-2/h2-5,7,10,12H,8-9H2,1H3;1-2H3/b4-2-,5-3-,15-14-;. The first-order valence-corrected chi connectivity index (χ1v) is 6.26. The van der Waals surface area contributed by atoms with E-state index in [-0.39, 0.29) is 0 Å². The molecule has 2 aliphatic rings. The highest BCUT2D eigenvalue weighted by Crippen LogP contribution is 2.19. The van der Waals surface area contributed by atoms with Crippen LogP contribution in [-0.2, 0) is 0 Å². The molecule has 0 spiro atoms. The van der Waals surface area contributed by atoms with Gasteiger partial charge in [-0.05, 0) is 54.7 Å². The van der Waals surface area contributed by atoms with Crippen molar-refractivity contribution in [2.24, 2.45) is 0 Å². The zero-order valence-electron chi connectivity index (χ0n) is 11.0. The monoisotopic (exact) mass is 224 g/mol. The van der Waals surface area contributed by atoms with E-state index in [1.54, 1.807) is 0 Å². The summed E-state index contributed by atoms with van der Waals surface area (Å²) in [4.78, 5) is 0. The van der Waals surface area contributed by atoms with Crippen LogP contribution in [0.5, 0.6) is 0 Å². The molecule has 0 aromatic rings. The Morgan fingerprint density at radius 2 is 1.47 bits per heavy atom. The van der Waals surface area contributed by atoms with Crippen molar-refractivity contribution in [1.82, 2.24) is 0 Å². The van der Waals surface area contributed by atoms with Gasteiger partial charge in [-0.15, -0.1) is 11.5 Å². The topological polar surface area (TPSA) is 0 Å². The van der Waals surface area contributed by atoms with E-state index in [1.165, 1.54) is 11.1 Å². The molecule has 0 atom stereocenters. The highest BCUT2D eigenvalue weighted by molar-refractivity contribution is 5.40. The number of hydrogen-bond donors (Lipinski definition) is 0. The van der Waals surface area contributed by atoms with E-state index in [4.69, 9.17) is 0 Å². The largest absolute Gasteiger partial charge is 0.120 e. The molecule has 0 aromatic heterocycles. The Kier molecular flexibility index (Phi) is 5.89. The van der Waals surface area contributed by atoms with Gasteiger partial charge in [-0.1, -0.05) is 38.2 Å². The molecule has 0 bridgehead atoms. The highest BCUT2D eigenvalue weighted by Gasteiger charge is 2.01. The summed E-state index contributed by atoms with van der Waals surface area (Å²) in [6, 6.07) is 0. The molecule has 0 nitrogen and oxygen atoms in total. The fraction of sp³-hybridized carbons (Fsp3) is 0.294. The normalized spacial score (nSPS) is 25.2.